The molecule has 0 aromatic carbocycles. The zero-order valence-corrected chi connectivity index (χ0v) is 8.48. The van der Waals surface area contributed by atoms with Crippen molar-refractivity contribution in [3.8, 4) is 0 Å². The number of hydrogen-bond donors (Lipinski definition) is 0. The SMILES string of the molecule is O=CC1=[CH][Ge]2=[C]([O]2)C2=C1O2.[Si]. The number of hydrogen-bond acceptors (Lipinski definition) is 3. The van der Waals surface area contributed by atoms with Crippen LogP contribution in [-0.2, 0) is 13.3 Å². The van der Waals surface area contributed by atoms with Crippen molar-refractivity contribution in [2.75, 3.05) is 0 Å². The van der Waals surface area contributed by atoms with Gasteiger partial charge in [0.25, 0.3) is 0 Å². The molecular weight excluding hydrogens is 221 g/mol. The average Bonchev–Trinajstić information content (AvgIpc) is 2.78. The Balaban J connectivity index is 0.000000480. The second kappa shape index (κ2) is 1.95. The van der Waals surface area contributed by atoms with Gasteiger partial charge in [0.05, 0.1) is 0 Å². The van der Waals surface area contributed by atoms with Crippen LogP contribution < -0.4 is 0 Å². The largest absolute Gasteiger partial charge is 0 e. The van der Waals surface area contributed by atoms with Crippen LogP contribution in [0.2, 0.25) is 0 Å². The number of fused-ring (bicyclic) bond motifs is 1. The van der Waals surface area contributed by atoms with Crippen molar-refractivity contribution in [1.82, 2.24) is 0 Å². The summed E-state index contributed by atoms with van der Waals surface area (Å²) in [5.41, 5.74) is 0.700. The van der Waals surface area contributed by atoms with Crippen molar-refractivity contribution in [2.45, 2.75) is 0 Å². The maximum absolute atomic E-state index is 10.3. The van der Waals surface area contributed by atoms with Crippen LogP contribution in [-0.4, -0.2) is 36.0 Å². The molecule has 52 valence electrons. The van der Waals surface area contributed by atoms with Gasteiger partial charge in [0.1, 0.15) is 0 Å². The van der Waals surface area contributed by atoms with Crippen LogP contribution in [0.3, 0.4) is 0 Å². The molecule has 0 N–H and O–H groups in total. The van der Waals surface area contributed by atoms with Crippen molar-refractivity contribution in [3.05, 3.63) is 22.0 Å². The Morgan fingerprint density at radius 3 is 3.00 bits per heavy atom. The molecule has 3 rings (SSSR count). The van der Waals surface area contributed by atoms with Crippen molar-refractivity contribution in [2.24, 2.45) is 0 Å². The summed E-state index contributed by atoms with van der Waals surface area (Å²) in [7, 11) is 0. The average molecular weight is 223 g/mol. The molecule has 0 aromatic heterocycles. The van der Waals surface area contributed by atoms with Gasteiger partial charge in [0.2, 0.25) is 0 Å². The van der Waals surface area contributed by atoms with Gasteiger partial charge < -0.3 is 0 Å². The van der Waals surface area contributed by atoms with Gasteiger partial charge in [-0.1, -0.05) is 0 Å². The van der Waals surface area contributed by atoms with E-state index in [2.05, 4.69) is 0 Å². The number of carbonyl (C=O) groups excluding carboxylic acids is 1. The Morgan fingerprint density at radius 2 is 2.27 bits per heavy atom. The van der Waals surface area contributed by atoms with Crippen LogP contribution in [0.1, 0.15) is 0 Å². The molecule has 11 heavy (non-hydrogen) atoms. The fourth-order valence-corrected chi connectivity index (χ4v) is 4.46. The molecule has 0 atom stereocenters. The second-order valence-electron chi connectivity index (χ2n) is 2.27. The Morgan fingerprint density at radius 1 is 1.45 bits per heavy atom. The molecule has 0 amide bonds. The van der Waals surface area contributed by atoms with Gasteiger partial charge in [-0.2, -0.15) is 0 Å². The molecule has 0 aromatic rings. The van der Waals surface area contributed by atoms with Crippen molar-refractivity contribution in [3.63, 3.8) is 0 Å². The van der Waals surface area contributed by atoms with E-state index in [0.717, 1.165) is 22.3 Å². The maximum Gasteiger partial charge on any atom is 0 e. The fraction of sp³-hybridized carbons (Fsp3) is 0. The standard InChI is InChI=1S/C6H2GeO3.Si/c8-2-3-1-7-6(10-7)5-4(3)9-5;/h1-2H;. The molecule has 3 nitrogen and oxygen atoms in total. The Labute approximate surface area is 71.7 Å². The first-order chi connectivity index (χ1) is 4.90. The van der Waals surface area contributed by atoms with Gasteiger partial charge in [-0.05, 0) is 0 Å². The number of ether oxygens (including phenoxy) is 1. The van der Waals surface area contributed by atoms with Gasteiger partial charge in [-0.15, -0.1) is 0 Å². The van der Waals surface area contributed by atoms with E-state index in [0.29, 0.717) is 5.57 Å². The van der Waals surface area contributed by atoms with Gasteiger partial charge in [-0.25, -0.2) is 0 Å². The van der Waals surface area contributed by atoms with E-state index in [1.807, 2.05) is 4.91 Å². The first-order valence-corrected chi connectivity index (χ1v) is 6.04. The molecule has 0 saturated carbocycles. The molecule has 3 aliphatic heterocycles. The van der Waals surface area contributed by atoms with Crippen LogP contribution in [0.15, 0.2) is 22.0 Å². The zero-order valence-electron chi connectivity index (χ0n) is 5.38. The monoisotopic (exact) mass is 224 g/mol. The van der Waals surface area contributed by atoms with E-state index < -0.39 is 14.2 Å². The minimum absolute atomic E-state index is 0. The van der Waals surface area contributed by atoms with Crippen LogP contribution >= 0.6 is 0 Å². The third-order valence-corrected chi connectivity index (χ3v) is 4.98. The molecule has 0 saturated heterocycles. The predicted molar refractivity (Wildman–Crippen MR) is 39.9 cm³/mol. The van der Waals surface area contributed by atoms with Crippen LogP contribution in [0.5, 0.6) is 0 Å². The Kier molecular flexibility index (Phi) is 1.25. The van der Waals surface area contributed by atoms with E-state index in [1.54, 1.807) is 0 Å². The van der Waals surface area contributed by atoms with Gasteiger partial charge in [0, 0.05) is 11.0 Å². The first-order valence-electron chi connectivity index (χ1n) is 2.92. The second-order valence-corrected chi connectivity index (χ2v) is 5.79. The number of aldehydes is 1. The predicted octanol–water partition coefficient (Wildman–Crippen LogP) is -0.741. The summed E-state index contributed by atoms with van der Waals surface area (Å²) < 4.78 is 11.3. The summed E-state index contributed by atoms with van der Waals surface area (Å²) in [6.07, 6.45) is 0.834. The number of rotatable bonds is 1. The maximum atomic E-state index is 10.3. The molecule has 0 spiro atoms. The molecule has 0 unspecified atom stereocenters. The first kappa shape index (κ1) is 7.05. The van der Waals surface area contributed by atoms with Crippen LogP contribution in [0.4, 0.5) is 0 Å². The summed E-state index contributed by atoms with van der Waals surface area (Å²) >= 11 is -1.42. The molecule has 4 radical (unpaired) electrons. The molecule has 5 heteroatoms. The van der Waals surface area contributed by atoms with Crippen molar-refractivity contribution >= 4 is 36.0 Å². The molecule has 3 aliphatic rings. The summed E-state index contributed by atoms with van der Waals surface area (Å²) in [5.74, 6) is 1.61. The van der Waals surface area contributed by atoms with E-state index in [-0.39, 0.29) is 11.0 Å². The molecular formula is C6H2GeO3Si. The number of carbonyl (C=O) groups is 1. The quantitative estimate of drug-likeness (QED) is 0.434. The fourth-order valence-electron chi connectivity index (χ4n) is 1.05. The Bertz CT molecular complexity index is 353. The van der Waals surface area contributed by atoms with Crippen molar-refractivity contribution < 1.29 is 13.3 Å². The van der Waals surface area contributed by atoms with Gasteiger partial charge in [0.15, 0.2) is 0 Å². The minimum Gasteiger partial charge on any atom is 0 e. The third-order valence-electron chi connectivity index (χ3n) is 1.64. The van der Waals surface area contributed by atoms with Gasteiger partial charge in [-0.3, -0.25) is 0 Å². The molecule has 3 heterocycles. The van der Waals surface area contributed by atoms with Crippen molar-refractivity contribution in [1.29, 1.82) is 0 Å². The van der Waals surface area contributed by atoms with E-state index >= 15 is 0 Å². The van der Waals surface area contributed by atoms with Gasteiger partial charge >= 0.3 is 60.4 Å². The van der Waals surface area contributed by atoms with Crippen LogP contribution in [0, 0.1) is 0 Å². The molecule has 0 bridgehead atoms. The molecule has 0 aliphatic carbocycles. The summed E-state index contributed by atoms with van der Waals surface area (Å²) in [4.78, 5) is 12.3. The normalized spacial score (nSPS) is 21.6. The Hall–Kier alpha value is -0.620. The van der Waals surface area contributed by atoms with E-state index in [9.17, 15) is 4.79 Å². The third kappa shape index (κ3) is 0.793. The summed E-state index contributed by atoms with van der Waals surface area (Å²) in [5, 5.41) is 0. The smallest absolute Gasteiger partial charge is 0 e. The number of allylic oxidation sites excluding steroid dienone is 1. The van der Waals surface area contributed by atoms with E-state index in [4.69, 9.17) is 8.50 Å². The topological polar surface area (TPSA) is 42.1 Å². The summed E-state index contributed by atoms with van der Waals surface area (Å²) in [6, 6.07) is 0. The summed E-state index contributed by atoms with van der Waals surface area (Å²) in [6.45, 7) is 0. The van der Waals surface area contributed by atoms with Crippen LogP contribution in [0.25, 0.3) is 0 Å². The van der Waals surface area contributed by atoms with E-state index in [1.165, 1.54) is 0 Å². The molecule has 0 fully saturated rings. The zero-order chi connectivity index (χ0) is 6.72. The minimum atomic E-state index is -1.42.